The van der Waals surface area contributed by atoms with Crippen molar-refractivity contribution in [2.24, 2.45) is 0 Å². The van der Waals surface area contributed by atoms with Gasteiger partial charge in [0.2, 0.25) is 0 Å². The van der Waals surface area contributed by atoms with Gasteiger partial charge in [-0.2, -0.15) is 0 Å². The van der Waals surface area contributed by atoms with Crippen LogP contribution in [0.3, 0.4) is 0 Å². The van der Waals surface area contributed by atoms with Crippen LogP contribution in [0.2, 0.25) is 5.02 Å². The standard InChI is InChI=1S/C12H10ClF2NO4/c1-19-9(17)5-8(12(18)20-2)16-11-7(15)4-3-6(14)10(11)13/h3-5,16H,1-2H3/b8-5+. The van der Waals surface area contributed by atoms with Crippen LogP contribution < -0.4 is 5.32 Å². The molecule has 0 aliphatic heterocycles. The molecule has 0 fully saturated rings. The number of hydrogen-bond donors (Lipinski definition) is 1. The highest BCUT2D eigenvalue weighted by molar-refractivity contribution is 6.33. The van der Waals surface area contributed by atoms with Crippen LogP contribution in [0.15, 0.2) is 23.9 Å². The maximum absolute atomic E-state index is 13.6. The van der Waals surface area contributed by atoms with Gasteiger partial charge in [0.1, 0.15) is 22.4 Å². The Balaban J connectivity index is 3.21. The van der Waals surface area contributed by atoms with Crippen molar-refractivity contribution in [2.75, 3.05) is 19.5 Å². The Hall–Kier alpha value is -2.15. The zero-order chi connectivity index (χ0) is 15.3. The molecule has 0 saturated carbocycles. The summed E-state index contributed by atoms with van der Waals surface area (Å²) in [5.41, 5.74) is -0.946. The first-order valence-electron chi connectivity index (χ1n) is 5.19. The van der Waals surface area contributed by atoms with Crippen LogP contribution in [0.4, 0.5) is 14.5 Å². The SMILES string of the molecule is COC(=O)/C=C(/Nc1c(F)ccc(F)c1Cl)C(=O)OC. The topological polar surface area (TPSA) is 64.6 Å². The van der Waals surface area contributed by atoms with E-state index in [0.717, 1.165) is 32.4 Å². The van der Waals surface area contributed by atoms with E-state index < -0.39 is 40.0 Å². The van der Waals surface area contributed by atoms with Gasteiger partial charge in [-0.05, 0) is 12.1 Å². The fraction of sp³-hybridized carbons (Fsp3) is 0.167. The molecule has 0 radical (unpaired) electrons. The van der Waals surface area contributed by atoms with Gasteiger partial charge < -0.3 is 14.8 Å². The van der Waals surface area contributed by atoms with Crippen molar-refractivity contribution in [3.8, 4) is 0 Å². The van der Waals surface area contributed by atoms with E-state index in [-0.39, 0.29) is 0 Å². The lowest BCUT2D eigenvalue weighted by Crippen LogP contribution is -2.16. The van der Waals surface area contributed by atoms with E-state index in [9.17, 15) is 18.4 Å². The second-order valence-electron chi connectivity index (χ2n) is 3.42. The van der Waals surface area contributed by atoms with Gasteiger partial charge in [0.05, 0.1) is 26.0 Å². The molecule has 1 N–H and O–H groups in total. The van der Waals surface area contributed by atoms with E-state index in [4.69, 9.17) is 11.6 Å². The molecule has 0 atom stereocenters. The van der Waals surface area contributed by atoms with Crippen molar-refractivity contribution in [1.82, 2.24) is 0 Å². The summed E-state index contributed by atoms with van der Waals surface area (Å²) in [6.45, 7) is 0. The molecule has 0 aromatic heterocycles. The first-order valence-corrected chi connectivity index (χ1v) is 5.57. The van der Waals surface area contributed by atoms with E-state index in [0.29, 0.717) is 0 Å². The molecular formula is C12H10ClF2NO4. The molecule has 0 unspecified atom stereocenters. The zero-order valence-corrected chi connectivity index (χ0v) is 11.3. The Kier molecular flexibility index (Phi) is 5.45. The lowest BCUT2D eigenvalue weighted by molar-refractivity contribution is -0.138. The monoisotopic (exact) mass is 305 g/mol. The number of halogens is 3. The fourth-order valence-corrected chi connectivity index (χ4v) is 1.41. The number of rotatable bonds is 4. The molecular weight excluding hydrogens is 296 g/mol. The van der Waals surface area contributed by atoms with Crippen LogP contribution in [-0.4, -0.2) is 26.2 Å². The van der Waals surface area contributed by atoms with Crippen molar-refractivity contribution in [3.05, 3.63) is 40.6 Å². The van der Waals surface area contributed by atoms with Gasteiger partial charge in [-0.25, -0.2) is 18.4 Å². The number of methoxy groups -OCH3 is 2. The molecule has 0 amide bonds. The first-order chi connectivity index (χ1) is 9.40. The van der Waals surface area contributed by atoms with Crippen molar-refractivity contribution in [2.45, 2.75) is 0 Å². The average Bonchev–Trinajstić information content (AvgIpc) is 2.45. The Bertz CT molecular complexity index is 575. The van der Waals surface area contributed by atoms with Crippen molar-refractivity contribution in [1.29, 1.82) is 0 Å². The largest absolute Gasteiger partial charge is 0.466 e. The summed E-state index contributed by atoms with van der Waals surface area (Å²) in [7, 11) is 2.14. The van der Waals surface area contributed by atoms with E-state index in [2.05, 4.69) is 14.8 Å². The number of benzene rings is 1. The highest BCUT2D eigenvalue weighted by atomic mass is 35.5. The minimum absolute atomic E-state index is 0.453. The maximum atomic E-state index is 13.6. The predicted molar refractivity (Wildman–Crippen MR) is 67.1 cm³/mol. The van der Waals surface area contributed by atoms with Crippen molar-refractivity contribution >= 4 is 29.2 Å². The van der Waals surface area contributed by atoms with E-state index >= 15 is 0 Å². The van der Waals surface area contributed by atoms with Crippen LogP contribution in [0.5, 0.6) is 0 Å². The van der Waals surface area contributed by atoms with Gasteiger partial charge in [-0.3, -0.25) is 0 Å². The molecule has 108 valence electrons. The van der Waals surface area contributed by atoms with E-state index in [1.54, 1.807) is 0 Å². The number of ether oxygens (including phenoxy) is 2. The molecule has 0 heterocycles. The molecule has 0 aliphatic carbocycles. The normalized spacial score (nSPS) is 10.9. The summed E-state index contributed by atoms with van der Waals surface area (Å²) in [5.74, 6) is -3.66. The smallest absolute Gasteiger partial charge is 0.354 e. The van der Waals surface area contributed by atoms with Crippen molar-refractivity contribution < 1.29 is 27.8 Å². The molecule has 0 aliphatic rings. The Morgan fingerprint density at radius 3 is 2.35 bits per heavy atom. The average molecular weight is 306 g/mol. The highest BCUT2D eigenvalue weighted by Gasteiger charge is 2.18. The van der Waals surface area contributed by atoms with Crippen LogP contribution in [0.25, 0.3) is 0 Å². The molecule has 1 aromatic rings. The lowest BCUT2D eigenvalue weighted by atomic mass is 10.2. The summed E-state index contributed by atoms with van der Waals surface area (Å²) in [6.07, 6.45) is 0.729. The van der Waals surface area contributed by atoms with Gasteiger partial charge in [-0.1, -0.05) is 11.6 Å². The molecule has 0 bridgehead atoms. The maximum Gasteiger partial charge on any atom is 0.354 e. The Morgan fingerprint density at radius 2 is 1.80 bits per heavy atom. The highest BCUT2D eigenvalue weighted by Crippen LogP contribution is 2.29. The molecule has 1 rings (SSSR count). The third-order valence-electron chi connectivity index (χ3n) is 2.17. The quantitative estimate of drug-likeness (QED) is 0.525. The Morgan fingerprint density at radius 1 is 1.20 bits per heavy atom. The number of anilines is 1. The molecule has 20 heavy (non-hydrogen) atoms. The number of nitrogens with one attached hydrogen (secondary N) is 1. The van der Waals surface area contributed by atoms with Gasteiger partial charge in [0.15, 0.2) is 0 Å². The summed E-state index contributed by atoms with van der Waals surface area (Å²) >= 11 is 5.59. The second kappa shape index (κ2) is 6.85. The molecule has 5 nitrogen and oxygen atoms in total. The summed E-state index contributed by atoms with van der Waals surface area (Å²) in [5, 5.41) is 1.65. The van der Waals surface area contributed by atoms with Crippen LogP contribution in [0.1, 0.15) is 0 Å². The molecule has 0 saturated heterocycles. The number of esters is 2. The number of carbonyl (C=O) groups is 2. The van der Waals surface area contributed by atoms with Crippen LogP contribution in [-0.2, 0) is 19.1 Å². The minimum Gasteiger partial charge on any atom is -0.466 e. The van der Waals surface area contributed by atoms with Gasteiger partial charge in [0.25, 0.3) is 0 Å². The number of carbonyl (C=O) groups excluding carboxylic acids is 2. The lowest BCUT2D eigenvalue weighted by Gasteiger charge is -2.11. The van der Waals surface area contributed by atoms with Gasteiger partial charge in [-0.15, -0.1) is 0 Å². The van der Waals surface area contributed by atoms with E-state index in [1.807, 2.05) is 0 Å². The van der Waals surface area contributed by atoms with Crippen LogP contribution in [0, 0.1) is 11.6 Å². The zero-order valence-electron chi connectivity index (χ0n) is 10.5. The van der Waals surface area contributed by atoms with Gasteiger partial charge in [0, 0.05) is 0 Å². The second-order valence-corrected chi connectivity index (χ2v) is 3.79. The van der Waals surface area contributed by atoms with E-state index in [1.165, 1.54) is 0 Å². The summed E-state index contributed by atoms with van der Waals surface area (Å²) in [6, 6.07) is 1.64. The third-order valence-corrected chi connectivity index (χ3v) is 2.54. The van der Waals surface area contributed by atoms with Crippen LogP contribution >= 0.6 is 11.6 Å². The summed E-state index contributed by atoms with van der Waals surface area (Å²) in [4.78, 5) is 22.6. The first kappa shape index (κ1) is 15.9. The summed E-state index contributed by atoms with van der Waals surface area (Å²) < 4.78 is 35.6. The molecule has 0 spiro atoms. The minimum atomic E-state index is -0.977. The third kappa shape index (κ3) is 3.67. The fourth-order valence-electron chi connectivity index (χ4n) is 1.21. The van der Waals surface area contributed by atoms with Crippen molar-refractivity contribution in [3.63, 3.8) is 0 Å². The molecule has 1 aromatic carbocycles. The predicted octanol–water partition coefficient (Wildman–Crippen LogP) is 2.26. The molecule has 8 heteroatoms. The number of hydrogen-bond acceptors (Lipinski definition) is 5. The Labute approximate surface area is 118 Å². The van der Waals surface area contributed by atoms with Gasteiger partial charge >= 0.3 is 11.9 Å².